The number of carbonyl (C=O) groups is 1. The molecule has 0 N–H and O–H groups in total. The second-order valence-electron chi connectivity index (χ2n) is 5.84. The molecule has 1 atom stereocenters. The lowest BCUT2D eigenvalue weighted by Gasteiger charge is -2.30. The fourth-order valence-electron chi connectivity index (χ4n) is 2.06. The predicted molar refractivity (Wildman–Crippen MR) is 88.1 cm³/mol. The predicted octanol–water partition coefficient (Wildman–Crippen LogP) is 3.49. The van der Waals surface area contributed by atoms with Crippen LogP contribution in [0.15, 0.2) is 12.1 Å². The van der Waals surface area contributed by atoms with Crippen LogP contribution in [-0.2, 0) is 0 Å². The third-order valence-electron chi connectivity index (χ3n) is 3.18. The van der Waals surface area contributed by atoms with Crippen LogP contribution in [0.4, 0.5) is 0 Å². The SMILES string of the molecule is CC(C)CN(CCN(C)C)C(C)C(=O)c1ccc(Cl)s1. The first-order chi connectivity index (χ1) is 9.31. The van der Waals surface area contributed by atoms with E-state index in [4.69, 9.17) is 11.6 Å². The molecule has 1 rings (SSSR count). The van der Waals surface area contributed by atoms with E-state index in [1.807, 2.05) is 13.0 Å². The molecule has 0 spiro atoms. The number of thiophene rings is 1. The molecule has 0 bridgehead atoms. The molecular formula is C15H25ClN2OS. The van der Waals surface area contributed by atoms with Gasteiger partial charge in [0, 0.05) is 19.6 Å². The van der Waals surface area contributed by atoms with E-state index >= 15 is 0 Å². The maximum atomic E-state index is 12.5. The highest BCUT2D eigenvalue weighted by atomic mass is 35.5. The van der Waals surface area contributed by atoms with Gasteiger partial charge in [0.05, 0.1) is 15.3 Å². The fraction of sp³-hybridized carbons (Fsp3) is 0.667. The number of nitrogens with zero attached hydrogens (tertiary/aromatic N) is 2. The maximum absolute atomic E-state index is 12.5. The van der Waals surface area contributed by atoms with Crippen molar-refractivity contribution in [3.63, 3.8) is 0 Å². The Hall–Kier alpha value is -0.420. The molecule has 0 saturated heterocycles. The van der Waals surface area contributed by atoms with Gasteiger partial charge in [0.2, 0.25) is 0 Å². The van der Waals surface area contributed by atoms with E-state index in [2.05, 4.69) is 37.7 Å². The van der Waals surface area contributed by atoms with Gasteiger partial charge in [-0.1, -0.05) is 25.4 Å². The van der Waals surface area contributed by atoms with Crippen LogP contribution in [0.2, 0.25) is 4.34 Å². The van der Waals surface area contributed by atoms with E-state index in [1.54, 1.807) is 6.07 Å². The Morgan fingerprint density at radius 2 is 1.90 bits per heavy atom. The topological polar surface area (TPSA) is 23.6 Å². The first-order valence-corrected chi connectivity index (χ1v) is 8.19. The zero-order valence-electron chi connectivity index (χ0n) is 13.0. The zero-order valence-corrected chi connectivity index (χ0v) is 14.6. The number of Topliss-reactive ketones (excluding diaryl/α,β-unsaturated/α-hetero) is 1. The molecule has 20 heavy (non-hydrogen) atoms. The van der Waals surface area contributed by atoms with E-state index in [-0.39, 0.29) is 11.8 Å². The van der Waals surface area contributed by atoms with E-state index in [0.717, 1.165) is 24.5 Å². The number of rotatable bonds is 8. The summed E-state index contributed by atoms with van der Waals surface area (Å²) in [5.74, 6) is 0.709. The van der Waals surface area contributed by atoms with Gasteiger partial charge in [0.15, 0.2) is 5.78 Å². The number of likely N-dealkylation sites (N-methyl/N-ethyl adjacent to an activating group) is 1. The Kier molecular flexibility index (Phi) is 7.17. The summed E-state index contributed by atoms with van der Waals surface area (Å²) in [6.07, 6.45) is 0. The maximum Gasteiger partial charge on any atom is 0.189 e. The normalized spacial score (nSPS) is 13.4. The minimum atomic E-state index is -0.105. The molecule has 0 aromatic carbocycles. The van der Waals surface area contributed by atoms with E-state index in [0.29, 0.717) is 10.3 Å². The molecule has 114 valence electrons. The molecule has 3 nitrogen and oxygen atoms in total. The van der Waals surface area contributed by atoms with Crippen LogP contribution in [0.25, 0.3) is 0 Å². The Bertz CT molecular complexity index is 431. The summed E-state index contributed by atoms with van der Waals surface area (Å²) >= 11 is 7.29. The fourth-order valence-corrected chi connectivity index (χ4v) is 3.12. The largest absolute Gasteiger partial charge is 0.308 e. The van der Waals surface area contributed by atoms with Gasteiger partial charge in [-0.2, -0.15) is 0 Å². The Balaban J connectivity index is 2.75. The minimum Gasteiger partial charge on any atom is -0.308 e. The Morgan fingerprint density at radius 1 is 1.25 bits per heavy atom. The average Bonchev–Trinajstić information content (AvgIpc) is 2.78. The summed E-state index contributed by atoms with van der Waals surface area (Å²) in [6.45, 7) is 9.14. The smallest absolute Gasteiger partial charge is 0.189 e. The van der Waals surface area contributed by atoms with Gasteiger partial charge < -0.3 is 4.90 Å². The first-order valence-electron chi connectivity index (χ1n) is 6.99. The van der Waals surface area contributed by atoms with Crippen molar-refractivity contribution in [2.24, 2.45) is 5.92 Å². The molecule has 1 heterocycles. The molecule has 5 heteroatoms. The van der Waals surface area contributed by atoms with Gasteiger partial charge in [0.1, 0.15) is 0 Å². The Labute approximate surface area is 131 Å². The number of carbonyl (C=O) groups excluding carboxylic acids is 1. The quantitative estimate of drug-likeness (QED) is 0.686. The van der Waals surface area contributed by atoms with Crippen LogP contribution >= 0.6 is 22.9 Å². The molecule has 0 saturated carbocycles. The van der Waals surface area contributed by atoms with Gasteiger partial charge in [-0.15, -0.1) is 11.3 Å². The van der Waals surface area contributed by atoms with Crippen LogP contribution < -0.4 is 0 Å². The third kappa shape index (κ3) is 5.52. The standard InChI is InChI=1S/C15H25ClN2OS/c1-11(2)10-18(9-8-17(4)5)12(3)15(19)13-6-7-14(16)20-13/h6-7,11-12H,8-10H2,1-5H3. The highest BCUT2D eigenvalue weighted by molar-refractivity contribution is 7.18. The van der Waals surface area contributed by atoms with Crippen LogP contribution in [-0.4, -0.2) is 55.4 Å². The van der Waals surface area contributed by atoms with Gasteiger partial charge >= 0.3 is 0 Å². The molecule has 0 fully saturated rings. The van der Waals surface area contributed by atoms with Gasteiger partial charge in [-0.25, -0.2) is 0 Å². The summed E-state index contributed by atoms with van der Waals surface area (Å²) in [4.78, 5) is 17.7. The van der Waals surface area contributed by atoms with E-state index in [9.17, 15) is 4.79 Å². The van der Waals surface area contributed by atoms with Crippen molar-refractivity contribution < 1.29 is 4.79 Å². The lowest BCUT2D eigenvalue weighted by molar-refractivity contribution is 0.0814. The second kappa shape index (κ2) is 8.13. The molecule has 0 aliphatic carbocycles. The second-order valence-corrected chi connectivity index (χ2v) is 7.55. The molecule has 1 unspecified atom stereocenters. The highest BCUT2D eigenvalue weighted by Gasteiger charge is 2.24. The third-order valence-corrected chi connectivity index (χ3v) is 4.42. The van der Waals surface area contributed by atoms with Gasteiger partial charge in [-0.05, 0) is 39.1 Å². The summed E-state index contributed by atoms with van der Waals surface area (Å²) in [7, 11) is 4.11. The van der Waals surface area contributed by atoms with Crippen molar-refractivity contribution >= 4 is 28.7 Å². The molecule has 0 radical (unpaired) electrons. The lowest BCUT2D eigenvalue weighted by Crippen LogP contribution is -2.44. The Morgan fingerprint density at radius 3 is 2.35 bits per heavy atom. The number of ketones is 1. The lowest BCUT2D eigenvalue weighted by atomic mass is 10.1. The van der Waals surface area contributed by atoms with Crippen molar-refractivity contribution in [2.75, 3.05) is 33.7 Å². The van der Waals surface area contributed by atoms with E-state index in [1.165, 1.54) is 11.3 Å². The average molecular weight is 317 g/mol. The van der Waals surface area contributed by atoms with Crippen molar-refractivity contribution in [1.29, 1.82) is 0 Å². The van der Waals surface area contributed by atoms with Crippen molar-refractivity contribution in [1.82, 2.24) is 9.80 Å². The molecule has 0 amide bonds. The number of halogens is 1. The van der Waals surface area contributed by atoms with Crippen LogP contribution in [0.1, 0.15) is 30.4 Å². The van der Waals surface area contributed by atoms with Crippen molar-refractivity contribution in [3.05, 3.63) is 21.3 Å². The summed E-state index contributed by atoms with van der Waals surface area (Å²) in [5.41, 5.74) is 0. The van der Waals surface area contributed by atoms with Crippen LogP contribution in [0, 0.1) is 5.92 Å². The highest BCUT2D eigenvalue weighted by Crippen LogP contribution is 2.23. The zero-order chi connectivity index (χ0) is 15.3. The number of hydrogen-bond donors (Lipinski definition) is 0. The van der Waals surface area contributed by atoms with Gasteiger partial charge in [0.25, 0.3) is 0 Å². The molecule has 0 aliphatic rings. The van der Waals surface area contributed by atoms with E-state index < -0.39 is 0 Å². The number of hydrogen-bond acceptors (Lipinski definition) is 4. The minimum absolute atomic E-state index is 0.105. The first kappa shape index (κ1) is 17.6. The van der Waals surface area contributed by atoms with Crippen molar-refractivity contribution in [2.45, 2.75) is 26.8 Å². The molecule has 0 aliphatic heterocycles. The molecular weight excluding hydrogens is 292 g/mol. The van der Waals surface area contributed by atoms with Gasteiger partial charge in [-0.3, -0.25) is 9.69 Å². The molecule has 1 aromatic rings. The summed E-state index contributed by atoms with van der Waals surface area (Å²) in [5, 5.41) is 0. The molecule has 1 aromatic heterocycles. The monoisotopic (exact) mass is 316 g/mol. The summed E-state index contributed by atoms with van der Waals surface area (Å²) < 4.78 is 0.671. The summed E-state index contributed by atoms with van der Waals surface area (Å²) in [6, 6.07) is 3.51. The van der Waals surface area contributed by atoms with Crippen molar-refractivity contribution in [3.8, 4) is 0 Å². The van der Waals surface area contributed by atoms with Crippen LogP contribution in [0.5, 0.6) is 0 Å². The van der Waals surface area contributed by atoms with Crippen LogP contribution in [0.3, 0.4) is 0 Å².